The van der Waals surface area contributed by atoms with Gasteiger partial charge in [0.2, 0.25) is 0 Å². The average Bonchev–Trinajstić information content (AvgIpc) is 3.75. The number of hydrogen-bond acceptors (Lipinski definition) is 2. The molecule has 11 rings (SSSR count). The van der Waals surface area contributed by atoms with E-state index in [1.807, 2.05) is 77.4 Å². The second kappa shape index (κ2) is 15.8. The number of hydrogen-bond donors (Lipinski definition) is 0. The molecule has 2 heterocycles. The molecule has 0 unspecified atom stereocenters. The number of para-hydroxylation sites is 3. The largest absolute Gasteiger partial charge is 0.296 e. The maximum absolute atomic E-state index is 14.1. The molecule has 0 aliphatic rings. The van der Waals surface area contributed by atoms with E-state index in [0.29, 0.717) is 5.39 Å². The average molecular weight is 822 g/mol. The van der Waals surface area contributed by atoms with Crippen LogP contribution >= 0.6 is 0 Å². The van der Waals surface area contributed by atoms with Gasteiger partial charge in [0.1, 0.15) is 5.82 Å². The Kier molecular flexibility index (Phi) is 9.55. The Balaban J connectivity index is 1.15. The van der Waals surface area contributed by atoms with Crippen LogP contribution in [0.2, 0.25) is 0 Å². The van der Waals surface area contributed by atoms with Crippen LogP contribution in [0.25, 0.3) is 112 Å². The molecule has 0 N–H and O–H groups in total. The molecule has 4 nitrogen and oxygen atoms in total. The number of imidazole rings is 1. The van der Waals surface area contributed by atoms with Crippen LogP contribution in [0, 0.1) is 0 Å². The Labute approximate surface area is 372 Å². The molecule has 0 saturated heterocycles. The molecule has 0 aliphatic carbocycles. The molecule has 304 valence electrons. The predicted molar refractivity (Wildman–Crippen MR) is 270 cm³/mol. The van der Waals surface area contributed by atoms with Gasteiger partial charge >= 0.3 is 0 Å². The minimum atomic E-state index is -0.0325. The molecule has 0 fully saturated rings. The van der Waals surface area contributed by atoms with Crippen LogP contribution in [0.4, 0.5) is 0 Å². The van der Waals surface area contributed by atoms with Crippen LogP contribution in [-0.4, -0.2) is 14.1 Å². The summed E-state index contributed by atoms with van der Waals surface area (Å²) in [5, 5.41) is 4.86. The van der Waals surface area contributed by atoms with Crippen LogP contribution in [-0.2, 0) is 6.42 Å². The summed E-state index contributed by atoms with van der Waals surface area (Å²) in [5.41, 5.74) is 15.7. The van der Waals surface area contributed by atoms with Gasteiger partial charge in [-0.3, -0.25) is 13.9 Å². The first kappa shape index (κ1) is 38.6. The Morgan fingerprint density at radius 2 is 0.953 bits per heavy atom. The van der Waals surface area contributed by atoms with Gasteiger partial charge in [-0.1, -0.05) is 166 Å². The summed E-state index contributed by atoms with van der Waals surface area (Å²) >= 11 is 0. The van der Waals surface area contributed by atoms with Crippen molar-refractivity contribution >= 4 is 55.6 Å². The molecule has 0 atom stereocenters. The van der Waals surface area contributed by atoms with Crippen molar-refractivity contribution in [3.05, 3.63) is 235 Å². The molecular formula is C60H43N3O. The first-order valence-corrected chi connectivity index (χ1v) is 21.8. The summed E-state index contributed by atoms with van der Waals surface area (Å²) < 4.78 is 4.10. The molecule has 0 radical (unpaired) electrons. The van der Waals surface area contributed by atoms with E-state index in [-0.39, 0.29) is 5.56 Å². The molecule has 11 aromatic rings. The van der Waals surface area contributed by atoms with Crippen molar-refractivity contribution in [2.75, 3.05) is 0 Å². The normalized spacial score (nSPS) is 11.5. The van der Waals surface area contributed by atoms with Crippen LogP contribution in [0.1, 0.15) is 23.9 Å². The zero-order valence-electron chi connectivity index (χ0n) is 35.5. The fourth-order valence-corrected chi connectivity index (χ4v) is 9.69. The van der Waals surface area contributed by atoms with Gasteiger partial charge in [0.25, 0.3) is 5.56 Å². The topological polar surface area (TPSA) is 39.8 Å². The lowest BCUT2D eigenvalue weighted by molar-refractivity contribution is 0.908. The van der Waals surface area contributed by atoms with E-state index in [2.05, 4.69) is 158 Å². The van der Waals surface area contributed by atoms with Gasteiger partial charge in [0.15, 0.2) is 0 Å². The highest BCUT2D eigenvalue weighted by atomic mass is 16.1. The molecule has 0 amide bonds. The summed E-state index contributed by atoms with van der Waals surface area (Å²) in [7, 11) is 0. The first-order valence-electron chi connectivity index (χ1n) is 21.8. The van der Waals surface area contributed by atoms with Gasteiger partial charge in [0.05, 0.1) is 16.6 Å². The molecule has 0 aliphatic heterocycles. The smallest absolute Gasteiger partial charge is 0.263 e. The second-order valence-corrected chi connectivity index (χ2v) is 16.2. The lowest BCUT2D eigenvalue weighted by Crippen LogP contribution is -2.19. The minimum Gasteiger partial charge on any atom is -0.296 e. The van der Waals surface area contributed by atoms with Crippen molar-refractivity contribution in [2.45, 2.75) is 13.3 Å². The van der Waals surface area contributed by atoms with Crippen molar-refractivity contribution in [1.82, 2.24) is 14.1 Å². The van der Waals surface area contributed by atoms with Gasteiger partial charge in [-0.05, 0) is 132 Å². The first-order chi connectivity index (χ1) is 31.5. The van der Waals surface area contributed by atoms with Crippen LogP contribution < -0.4 is 5.56 Å². The van der Waals surface area contributed by atoms with Gasteiger partial charge < -0.3 is 0 Å². The SMILES string of the molecule is C=Cc1c(C=C)c(-c2ccc(-n3c(CC)nc4ccccc43)cc2)c2cc(-c3ccc4c(c3)c3ccccc3c(=O)n4-c3ccccc3)ccc2c1-c1ccc(-c2ccccc2)cc1. The third kappa shape index (κ3) is 6.30. The molecule has 0 bridgehead atoms. The van der Waals surface area contributed by atoms with E-state index in [4.69, 9.17) is 4.98 Å². The van der Waals surface area contributed by atoms with Crippen molar-refractivity contribution in [2.24, 2.45) is 0 Å². The fraction of sp³-hybridized carbons (Fsp3) is 0.0333. The standard InChI is InChI=1S/C60H43N3O/c1-4-47-48(5-2)59(42-29-33-46(34-30-42)62-56-24-16-15-23-54(56)61-57(62)6-3)53-38-43(31-35-50(53)58(47)41-27-25-40(26-28-41)39-17-9-7-10-18-39)44-32-36-55-52(37-44)49-21-13-14-22-51(49)60(64)63(55)45-19-11-8-12-20-45/h4-5,7-38H,1-2,6H2,3H3. The third-order valence-electron chi connectivity index (χ3n) is 12.7. The van der Waals surface area contributed by atoms with Crippen molar-refractivity contribution in [3.63, 3.8) is 0 Å². The molecule has 2 aromatic heterocycles. The minimum absolute atomic E-state index is 0.0325. The molecule has 4 heteroatoms. The zero-order chi connectivity index (χ0) is 43.3. The van der Waals surface area contributed by atoms with E-state index in [0.717, 1.165) is 112 Å². The fourth-order valence-electron chi connectivity index (χ4n) is 9.69. The van der Waals surface area contributed by atoms with E-state index in [1.54, 1.807) is 0 Å². The number of fused-ring (bicyclic) bond motifs is 5. The van der Waals surface area contributed by atoms with Crippen LogP contribution in [0.5, 0.6) is 0 Å². The Morgan fingerprint density at radius 1 is 0.438 bits per heavy atom. The van der Waals surface area contributed by atoms with Crippen LogP contribution in [0.3, 0.4) is 0 Å². The Morgan fingerprint density at radius 3 is 1.64 bits per heavy atom. The van der Waals surface area contributed by atoms with E-state index >= 15 is 0 Å². The number of nitrogens with zero attached hydrogens (tertiary/aromatic N) is 3. The number of benzene rings is 9. The monoisotopic (exact) mass is 821 g/mol. The maximum Gasteiger partial charge on any atom is 0.263 e. The van der Waals surface area contributed by atoms with Gasteiger partial charge in [0, 0.05) is 28.6 Å². The second-order valence-electron chi connectivity index (χ2n) is 16.2. The lowest BCUT2D eigenvalue weighted by Gasteiger charge is -2.21. The molecular weight excluding hydrogens is 779 g/mol. The van der Waals surface area contributed by atoms with Gasteiger partial charge in [-0.15, -0.1) is 0 Å². The highest BCUT2D eigenvalue weighted by molar-refractivity contribution is 6.13. The maximum atomic E-state index is 14.1. The summed E-state index contributed by atoms with van der Waals surface area (Å²) in [5.74, 6) is 1.02. The number of aromatic nitrogens is 3. The van der Waals surface area contributed by atoms with Crippen molar-refractivity contribution in [1.29, 1.82) is 0 Å². The van der Waals surface area contributed by atoms with E-state index in [1.165, 1.54) is 5.56 Å². The summed E-state index contributed by atoms with van der Waals surface area (Å²) in [6, 6.07) is 67.7. The van der Waals surface area contributed by atoms with E-state index < -0.39 is 0 Å². The summed E-state index contributed by atoms with van der Waals surface area (Å²) in [6.07, 6.45) is 4.78. The number of aryl methyl sites for hydroxylation is 1. The van der Waals surface area contributed by atoms with E-state index in [9.17, 15) is 4.79 Å². The van der Waals surface area contributed by atoms with Crippen molar-refractivity contribution < 1.29 is 0 Å². The van der Waals surface area contributed by atoms with Gasteiger partial charge in [-0.2, -0.15) is 0 Å². The Bertz CT molecular complexity index is 3670. The van der Waals surface area contributed by atoms with Crippen molar-refractivity contribution in [3.8, 4) is 55.9 Å². The van der Waals surface area contributed by atoms with Gasteiger partial charge in [-0.25, -0.2) is 4.98 Å². The molecule has 9 aromatic carbocycles. The summed E-state index contributed by atoms with van der Waals surface area (Å²) in [6.45, 7) is 11.0. The molecule has 0 spiro atoms. The Hall–Kier alpha value is -8.34. The zero-order valence-corrected chi connectivity index (χ0v) is 35.5. The molecule has 0 saturated carbocycles. The number of rotatable bonds is 9. The summed E-state index contributed by atoms with van der Waals surface area (Å²) in [4.78, 5) is 19.1. The predicted octanol–water partition coefficient (Wildman–Crippen LogP) is 15.2. The lowest BCUT2D eigenvalue weighted by atomic mass is 9.82. The third-order valence-corrected chi connectivity index (χ3v) is 12.7. The van der Waals surface area contributed by atoms with Crippen LogP contribution in [0.15, 0.2) is 212 Å². The highest BCUT2D eigenvalue weighted by Crippen LogP contribution is 2.45. The number of pyridine rings is 1. The quantitative estimate of drug-likeness (QED) is 0.136. The highest BCUT2D eigenvalue weighted by Gasteiger charge is 2.21. The molecule has 64 heavy (non-hydrogen) atoms.